The molecule has 0 saturated carbocycles. The molecule has 3 rings (SSSR count). The molecule has 2 aromatic carbocycles. The lowest BCUT2D eigenvalue weighted by Crippen LogP contribution is -2.44. The number of likely N-dealkylation sites (tertiary alicyclic amines) is 1. The Labute approximate surface area is 158 Å². The van der Waals surface area contributed by atoms with E-state index >= 15 is 0 Å². The fourth-order valence-electron chi connectivity index (χ4n) is 3.06. The summed E-state index contributed by atoms with van der Waals surface area (Å²) in [5.74, 6) is -0.499. The van der Waals surface area contributed by atoms with E-state index in [2.05, 4.69) is 0 Å². The molecule has 1 atom stereocenters. The number of hydrogen-bond acceptors (Lipinski definition) is 4. The van der Waals surface area contributed by atoms with Crippen molar-refractivity contribution in [3.8, 4) is 11.5 Å². The fourth-order valence-corrected chi connectivity index (χ4v) is 3.06. The van der Waals surface area contributed by atoms with Crippen molar-refractivity contribution in [2.45, 2.75) is 19.4 Å². The Kier molecular flexibility index (Phi) is 6.30. The molecule has 1 N–H and O–H groups in total. The number of amides is 1. The molecule has 1 saturated heterocycles. The van der Waals surface area contributed by atoms with Gasteiger partial charge in [-0.3, -0.25) is 9.59 Å². The summed E-state index contributed by atoms with van der Waals surface area (Å²) in [6, 6.07) is 17.0. The lowest BCUT2D eigenvalue weighted by Gasteiger charge is -2.30. The van der Waals surface area contributed by atoms with Crippen LogP contribution in [0.3, 0.4) is 0 Å². The lowest BCUT2D eigenvalue weighted by atomic mass is 9.98. The summed E-state index contributed by atoms with van der Waals surface area (Å²) in [7, 11) is 0. The number of ether oxygens (including phenoxy) is 2. The van der Waals surface area contributed by atoms with Crippen molar-refractivity contribution in [2.75, 3.05) is 19.7 Å². The van der Waals surface area contributed by atoms with E-state index in [-0.39, 0.29) is 19.1 Å². The van der Waals surface area contributed by atoms with Gasteiger partial charge < -0.3 is 19.5 Å². The highest BCUT2D eigenvalue weighted by Gasteiger charge is 2.28. The van der Waals surface area contributed by atoms with Crippen LogP contribution < -0.4 is 9.47 Å². The number of carbonyl (C=O) groups is 2. The van der Waals surface area contributed by atoms with E-state index in [4.69, 9.17) is 14.6 Å². The first kappa shape index (κ1) is 18.8. The molecule has 1 fully saturated rings. The highest BCUT2D eigenvalue weighted by Crippen LogP contribution is 2.27. The third-order valence-electron chi connectivity index (χ3n) is 4.56. The first-order valence-corrected chi connectivity index (χ1v) is 9.02. The van der Waals surface area contributed by atoms with Crippen LogP contribution in [0.5, 0.6) is 11.5 Å². The zero-order valence-electron chi connectivity index (χ0n) is 15.0. The highest BCUT2D eigenvalue weighted by molar-refractivity contribution is 5.79. The van der Waals surface area contributed by atoms with Crippen molar-refractivity contribution in [1.82, 2.24) is 4.90 Å². The number of rotatable bonds is 7. The van der Waals surface area contributed by atoms with Crippen LogP contribution >= 0.6 is 0 Å². The average Bonchev–Trinajstić information content (AvgIpc) is 2.72. The maximum absolute atomic E-state index is 12.4. The summed E-state index contributed by atoms with van der Waals surface area (Å²) in [5.41, 5.74) is 1.04. The largest absolute Gasteiger partial charge is 0.485 e. The van der Waals surface area contributed by atoms with Gasteiger partial charge in [0.1, 0.15) is 6.61 Å². The first-order chi connectivity index (χ1) is 13.1. The van der Waals surface area contributed by atoms with Gasteiger partial charge in [0.15, 0.2) is 18.1 Å². The predicted octanol–water partition coefficient (Wildman–Crippen LogP) is 2.97. The summed E-state index contributed by atoms with van der Waals surface area (Å²) < 4.78 is 11.5. The van der Waals surface area contributed by atoms with Crippen LogP contribution in [0.25, 0.3) is 0 Å². The average molecular weight is 369 g/mol. The molecule has 1 aliphatic heterocycles. The number of piperidine rings is 1. The monoisotopic (exact) mass is 369 g/mol. The van der Waals surface area contributed by atoms with Crippen molar-refractivity contribution in [3.63, 3.8) is 0 Å². The van der Waals surface area contributed by atoms with Gasteiger partial charge in [0.2, 0.25) is 0 Å². The molecule has 1 aliphatic rings. The first-order valence-electron chi connectivity index (χ1n) is 9.02. The van der Waals surface area contributed by atoms with Crippen LogP contribution in [0.4, 0.5) is 0 Å². The molecule has 1 heterocycles. The van der Waals surface area contributed by atoms with E-state index in [1.54, 1.807) is 17.0 Å². The molecular formula is C21H23NO5. The van der Waals surface area contributed by atoms with Crippen LogP contribution in [0.2, 0.25) is 0 Å². The third-order valence-corrected chi connectivity index (χ3v) is 4.56. The second-order valence-corrected chi connectivity index (χ2v) is 6.53. The Morgan fingerprint density at radius 1 is 1.00 bits per heavy atom. The fraction of sp³-hybridized carbons (Fsp3) is 0.333. The Hall–Kier alpha value is -3.02. The number of carbonyl (C=O) groups excluding carboxylic acids is 1. The van der Waals surface area contributed by atoms with E-state index in [9.17, 15) is 9.59 Å². The summed E-state index contributed by atoms with van der Waals surface area (Å²) in [6.45, 7) is 1.07. The molecule has 6 nitrogen and oxygen atoms in total. The third kappa shape index (κ3) is 5.23. The molecule has 1 amide bonds. The van der Waals surface area contributed by atoms with Crippen molar-refractivity contribution in [3.05, 3.63) is 60.2 Å². The van der Waals surface area contributed by atoms with Crippen molar-refractivity contribution in [2.24, 2.45) is 5.92 Å². The molecule has 0 aromatic heterocycles. The lowest BCUT2D eigenvalue weighted by molar-refractivity contribution is -0.146. The maximum Gasteiger partial charge on any atom is 0.308 e. The van der Waals surface area contributed by atoms with E-state index in [1.165, 1.54) is 0 Å². The Bertz CT molecular complexity index is 777. The summed E-state index contributed by atoms with van der Waals surface area (Å²) in [5, 5.41) is 9.15. The van der Waals surface area contributed by atoms with Gasteiger partial charge in [0, 0.05) is 13.1 Å². The summed E-state index contributed by atoms with van der Waals surface area (Å²) in [6.07, 6.45) is 1.30. The molecule has 27 heavy (non-hydrogen) atoms. The highest BCUT2D eigenvalue weighted by atomic mass is 16.5. The van der Waals surface area contributed by atoms with Gasteiger partial charge in [-0.05, 0) is 30.5 Å². The summed E-state index contributed by atoms with van der Waals surface area (Å²) >= 11 is 0. The maximum atomic E-state index is 12.4. The van der Waals surface area contributed by atoms with E-state index in [1.807, 2.05) is 42.5 Å². The van der Waals surface area contributed by atoms with Crippen molar-refractivity contribution >= 4 is 11.9 Å². The second kappa shape index (κ2) is 9.07. The minimum Gasteiger partial charge on any atom is -0.485 e. The van der Waals surface area contributed by atoms with Crippen LogP contribution in [0.1, 0.15) is 18.4 Å². The SMILES string of the molecule is O=C(O)C1CCCN(C(=O)COc2ccccc2OCc2ccccc2)C1. The predicted molar refractivity (Wildman–Crippen MR) is 99.7 cm³/mol. The van der Waals surface area contributed by atoms with E-state index in [0.717, 1.165) is 5.56 Å². The minimum atomic E-state index is -0.854. The minimum absolute atomic E-state index is 0.141. The molecule has 0 radical (unpaired) electrons. The Morgan fingerprint density at radius 3 is 2.37 bits per heavy atom. The smallest absolute Gasteiger partial charge is 0.308 e. The quantitative estimate of drug-likeness (QED) is 0.812. The molecule has 2 aromatic rings. The van der Waals surface area contributed by atoms with E-state index < -0.39 is 11.9 Å². The summed E-state index contributed by atoms with van der Waals surface area (Å²) in [4.78, 5) is 25.1. The molecule has 0 spiro atoms. The number of aliphatic carboxylic acids is 1. The topological polar surface area (TPSA) is 76.1 Å². The zero-order valence-corrected chi connectivity index (χ0v) is 15.0. The molecule has 0 bridgehead atoms. The Morgan fingerprint density at radius 2 is 1.67 bits per heavy atom. The van der Waals surface area contributed by atoms with Crippen LogP contribution in [0.15, 0.2) is 54.6 Å². The van der Waals surface area contributed by atoms with Gasteiger partial charge in [-0.25, -0.2) is 0 Å². The molecule has 1 unspecified atom stereocenters. The number of benzene rings is 2. The molecule has 6 heteroatoms. The van der Waals surface area contributed by atoms with Crippen LogP contribution in [-0.2, 0) is 16.2 Å². The molecular weight excluding hydrogens is 346 g/mol. The van der Waals surface area contributed by atoms with Crippen molar-refractivity contribution < 1.29 is 24.2 Å². The van der Waals surface area contributed by atoms with Crippen LogP contribution in [0, 0.1) is 5.92 Å². The van der Waals surface area contributed by atoms with Gasteiger partial charge in [-0.1, -0.05) is 42.5 Å². The van der Waals surface area contributed by atoms with Crippen LogP contribution in [-0.4, -0.2) is 41.6 Å². The van der Waals surface area contributed by atoms with Gasteiger partial charge in [-0.2, -0.15) is 0 Å². The standard InChI is InChI=1S/C21H23NO5/c23-20(22-12-6-9-17(13-22)21(24)25)15-27-19-11-5-4-10-18(19)26-14-16-7-2-1-3-8-16/h1-5,7-8,10-11,17H,6,9,12-15H2,(H,24,25). The molecule has 0 aliphatic carbocycles. The number of nitrogens with zero attached hydrogens (tertiary/aromatic N) is 1. The number of carboxylic acid groups (broad SMARTS) is 1. The molecule has 142 valence electrons. The van der Waals surface area contributed by atoms with E-state index in [0.29, 0.717) is 37.5 Å². The van der Waals surface area contributed by atoms with Gasteiger partial charge in [-0.15, -0.1) is 0 Å². The van der Waals surface area contributed by atoms with Gasteiger partial charge >= 0.3 is 5.97 Å². The van der Waals surface area contributed by atoms with Gasteiger partial charge in [0.05, 0.1) is 5.92 Å². The number of carboxylic acids is 1. The second-order valence-electron chi connectivity index (χ2n) is 6.53. The number of hydrogen-bond donors (Lipinski definition) is 1. The number of para-hydroxylation sites is 2. The normalized spacial score (nSPS) is 16.6. The van der Waals surface area contributed by atoms with Crippen molar-refractivity contribution in [1.29, 1.82) is 0 Å². The Balaban J connectivity index is 1.56. The van der Waals surface area contributed by atoms with Gasteiger partial charge in [0.25, 0.3) is 5.91 Å². The zero-order chi connectivity index (χ0) is 19.1.